The number of nitrogens with one attached hydrogen (secondary N) is 2. The van der Waals surface area contributed by atoms with Crippen molar-refractivity contribution in [3.8, 4) is 0 Å². The Labute approximate surface area is 193 Å². The Morgan fingerprint density at radius 3 is 2.38 bits per heavy atom. The van der Waals surface area contributed by atoms with E-state index in [1.54, 1.807) is 0 Å². The average molecular weight is 450 g/mol. The minimum Gasteiger partial charge on any atom is -0.462 e. The first-order valence-electron chi connectivity index (χ1n) is 13.1. The van der Waals surface area contributed by atoms with Crippen molar-refractivity contribution in [3.05, 3.63) is 0 Å². The number of piperazine rings is 1. The van der Waals surface area contributed by atoms with Gasteiger partial charge in [-0.25, -0.2) is 4.79 Å². The van der Waals surface area contributed by atoms with E-state index in [9.17, 15) is 9.59 Å². The SMILES string of the molecule is O=C(CCN1CCCC(NC(=O)N2CCN(C3CCNCC3)CC2)C1)OC1CCCCC1. The molecular weight excluding hydrogens is 406 g/mol. The molecule has 1 saturated carbocycles. The van der Waals surface area contributed by atoms with E-state index in [1.165, 1.54) is 32.1 Å². The summed E-state index contributed by atoms with van der Waals surface area (Å²) in [6, 6.07) is 0.935. The van der Waals surface area contributed by atoms with Crippen LogP contribution in [0.25, 0.3) is 0 Å². The number of urea groups is 1. The lowest BCUT2D eigenvalue weighted by molar-refractivity contribution is -0.150. The fraction of sp³-hybridized carbons (Fsp3) is 0.917. The molecule has 4 rings (SSSR count). The largest absolute Gasteiger partial charge is 0.462 e. The Morgan fingerprint density at radius 2 is 1.62 bits per heavy atom. The van der Waals surface area contributed by atoms with Crippen molar-refractivity contribution in [2.24, 2.45) is 0 Å². The maximum atomic E-state index is 12.8. The molecule has 1 aliphatic carbocycles. The molecule has 4 fully saturated rings. The predicted molar refractivity (Wildman–Crippen MR) is 125 cm³/mol. The van der Waals surface area contributed by atoms with Gasteiger partial charge in [0.15, 0.2) is 0 Å². The highest BCUT2D eigenvalue weighted by molar-refractivity contribution is 5.74. The zero-order valence-electron chi connectivity index (χ0n) is 19.7. The summed E-state index contributed by atoms with van der Waals surface area (Å²) >= 11 is 0. The normalized spacial score (nSPS) is 27.2. The lowest BCUT2D eigenvalue weighted by atomic mass is 9.98. The molecule has 0 spiro atoms. The van der Waals surface area contributed by atoms with Gasteiger partial charge in [-0.1, -0.05) is 6.42 Å². The molecule has 0 aromatic rings. The average Bonchev–Trinajstić information content (AvgIpc) is 2.84. The molecule has 32 heavy (non-hydrogen) atoms. The Bertz CT molecular complexity index is 598. The summed E-state index contributed by atoms with van der Waals surface area (Å²) in [5.41, 5.74) is 0. The number of piperidine rings is 2. The van der Waals surface area contributed by atoms with Gasteiger partial charge >= 0.3 is 12.0 Å². The highest BCUT2D eigenvalue weighted by Crippen LogP contribution is 2.21. The van der Waals surface area contributed by atoms with Gasteiger partial charge in [0, 0.05) is 51.4 Å². The van der Waals surface area contributed by atoms with Crippen molar-refractivity contribution in [1.82, 2.24) is 25.3 Å². The van der Waals surface area contributed by atoms with E-state index in [0.29, 0.717) is 12.5 Å². The molecular formula is C24H43N5O3. The number of carbonyl (C=O) groups excluding carboxylic acids is 2. The lowest BCUT2D eigenvalue weighted by Crippen LogP contribution is -2.58. The molecule has 1 atom stereocenters. The van der Waals surface area contributed by atoms with Gasteiger partial charge in [0.1, 0.15) is 6.10 Å². The second-order valence-electron chi connectivity index (χ2n) is 10.1. The molecule has 8 nitrogen and oxygen atoms in total. The smallest absolute Gasteiger partial charge is 0.317 e. The summed E-state index contributed by atoms with van der Waals surface area (Å²) in [4.78, 5) is 31.9. The van der Waals surface area contributed by atoms with E-state index in [4.69, 9.17) is 4.74 Å². The highest BCUT2D eigenvalue weighted by Gasteiger charge is 2.29. The van der Waals surface area contributed by atoms with Crippen molar-refractivity contribution in [3.63, 3.8) is 0 Å². The van der Waals surface area contributed by atoms with Crippen LogP contribution in [0.15, 0.2) is 0 Å². The number of likely N-dealkylation sites (tertiary alicyclic amines) is 1. The Balaban J connectivity index is 1.13. The third kappa shape index (κ3) is 7.06. The minimum absolute atomic E-state index is 0.0605. The van der Waals surface area contributed by atoms with Gasteiger partial charge < -0.3 is 25.2 Å². The van der Waals surface area contributed by atoms with Crippen molar-refractivity contribution >= 4 is 12.0 Å². The number of hydrogen-bond donors (Lipinski definition) is 2. The lowest BCUT2D eigenvalue weighted by Gasteiger charge is -2.41. The van der Waals surface area contributed by atoms with E-state index in [-0.39, 0.29) is 24.1 Å². The molecule has 4 aliphatic rings. The first kappa shape index (κ1) is 23.8. The van der Waals surface area contributed by atoms with Crippen LogP contribution in [0.4, 0.5) is 4.79 Å². The fourth-order valence-corrected chi connectivity index (χ4v) is 5.78. The quantitative estimate of drug-likeness (QED) is 0.602. The van der Waals surface area contributed by atoms with Crippen LogP contribution in [0.2, 0.25) is 0 Å². The van der Waals surface area contributed by atoms with Gasteiger partial charge in [0.2, 0.25) is 0 Å². The van der Waals surface area contributed by atoms with Crippen LogP contribution in [-0.4, -0.2) is 104 Å². The summed E-state index contributed by atoms with van der Waals surface area (Å²) in [5, 5.41) is 6.70. The van der Waals surface area contributed by atoms with Gasteiger partial charge in [-0.3, -0.25) is 9.69 Å². The monoisotopic (exact) mass is 449 g/mol. The fourth-order valence-electron chi connectivity index (χ4n) is 5.78. The van der Waals surface area contributed by atoms with Gasteiger partial charge in [0.25, 0.3) is 0 Å². The number of hydrogen-bond acceptors (Lipinski definition) is 6. The summed E-state index contributed by atoms with van der Waals surface area (Å²) in [6.45, 7) is 8.39. The van der Waals surface area contributed by atoms with Gasteiger partial charge in [-0.05, 0) is 71.0 Å². The van der Waals surface area contributed by atoms with Crippen LogP contribution in [-0.2, 0) is 9.53 Å². The van der Waals surface area contributed by atoms with Crippen LogP contribution in [0.5, 0.6) is 0 Å². The second-order valence-corrected chi connectivity index (χ2v) is 10.1. The highest BCUT2D eigenvalue weighted by atomic mass is 16.5. The molecule has 2 amide bonds. The number of rotatable bonds is 6. The molecule has 1 unspecified atom stereocenters. The second kappa shape index (κ2) is 12.2. The number of carbonyl (C=O) groups is 2. The first-order chi connectivity index (χ1) is 15.7. The number of amides is 2. The molecule has 182 valence electrons. The van der Waals surface area contributed by atoms with E-state index >= 15 is 0 Å². The van der Waals surface area contributed by atoms with Crippen molar-refractivity contribution in [2.75, 3.05) is 58.9 Å². The Morgan fingerprint density at radius 1 is 0.875 bits per heavy atom. The zero-order chi connectivity index (χ0) is 22.2. The molecule has 3 saturated heterocycles. The van der Waals surface area contributed by atoms with Crippen LogP contribution in [0.3, 0.4) is 0 Å². The molecule has 2 N–H and O–H groups in total. The maximum absolute atomic E-state index is 12.8. The molecule has 0 aromatic heterocycles. The van der Waals surface area contributed by atoms with Crippen molar-refractivity contribution in [1.29, 1.82) is 0 Å². The van der Waals surface area contributed by atoms with E-state index in [0.717, 1.165) is 84.6 Å². The molecule has 0 bridgehead atoms. The zero-order valence-corrected chi connectivity index (χ0v) is 19.7. The van der Waals surface area contributed by atoms with Crippen molar-refractivity contribution < 1.29 is 14.3 Å². The number of ether oxygens (including phenoxy) is 1. The standard InChI is InChI=1S/C24H43N5O3/c30-23(32-22-6-2-1-3-7-22)10-14-27-13-4-5-20(19-27)26-24(31)29-17-15-28(16-18-29)21-8-11-25-12-9-21/h20-22,25H,1-19H2,(H,26,31). The maximum Gasteiger partial charge on any atom is 0.317 e. The molecule has 0 radical (unpaired) electrons. The van der Waals surface area contributed by atoms with E-state index < -0.39 is 0 Å². The topological polar surface area (TPSA) is 77.2 Å². The summed E-state index contributed by atoms with van der Waals surface area (Å²) in [5.74, 6) is -0.0605. The summed E-state index contributed by atoms with van der Waals surface area (Å²) in [7, 11) is 0. The molecule has 3 heterocycles. The van der Waals surface area contributed by atoms with Crippen molar-refractivity contribution in [2.45, 2.75) is 82.4 Å². The minimum atomic E-state index is -0.0605. The van der Waals surface area contributed by atoms with Crippen LogP contribution in [0, 0.1) is 0 Å². The molecule has 3 aliphatic heterocycles. The number of nitrogens with zero attached hydrogens (tertiary/aromatic N) is 3. The van der Waals surface area contributed by atoms with Crippen LogP contribution < -0.4 is 10.6 Å². The Kier molecular flexibility index (Phi) is 9.05. The molecule has 0 aromatic carbocycles. The van der Waals surface area contributed by atoms with Crippen LogP contribution >= 0.6 is 0 Å². The summed E-state index contributed by atoms with van der Waals surface area (Å²) < 4.78 is 5.66. The van der Waals surface area contributed by atoms with E-state index in [1.807, 2.05) is 4.90 Å². The Hall–Kier alpha value is -1.38. The third-order valence-electron chi connectivity index (χ3n) is 7.74. The van der Waals surface area contributed by atoms with Gasteiger partial charge in [0.05, 0.1) is 6.42 Å². The van der Waals surface area contributed by atoms with Crippen LogP contribution in [0.1, 0.15) is 64.2 Å². The number of esters is 1. The molecule has 8 heteroatoms. The summed E-state index contributed by atoms with van der Waals surface area (Å²) in [6.07, 6.45) is 10.8. The predicted octanol–water partition coefficient (Wildman–Crippen LogP) is 1.80. The van der Waals surface area contributed by atoms with E-state index in [2.05, 4.69) is 20.4 Å². The van der Waals surface area contributed by atoms with Gasteiger partial charge in [-0.2, -0.15) is 0 Å². The third-order valence-corrected chi connectivity index (χ3v) is 7.74. The first-order valence-corrected chi connectivity index (χ1v) is 13.1. The van der Waals surface area contributed by atoms with Gasteiger partial charge in [-0.15, -0.1) is 0 Å².